The lowest BCUT2D eigenvalue weighted by Crippen LogP contribution is -2.35. The van der Waals surface area contributed by atoms with E-state index in [1.165, 1.54) is 0 Å². The minimum atomic E-state index is -0.663. The summed E-state index contributed by atoms with van der Waals surface area (Å²) in [6.45, 7) is -0.0260. The van der Waals surface area contributed by atoms with Gasteiger partial charge in [-0.2, -0.15) is 0 Å². The molecule has 2 aliphatic heterocycles. The lowest BCUT2D eigenvalue weighted by atomic mass is 9.79. The maximum Gasteiger partial charge on any atom is 0.237 e. The van der Waals surface area contributed by atoms with Crippen molar-refractivity contribution in [3.05, 3.63) is 77.0 Å². The molecule has 1 unspecified atom stereocenters. The van der Waals surface area contributed by atoms with Crippen molar-refractivity contribution in [2.24, 2.45) is 5.73 Å². The molecule has 0 radical (unpaired) electrons. The fourth-order valence-electron chi connectivity index (χ4n) is 5.38. The third kappa shape index (κ3) is 2.91. The largest absolute Gasteiger partial charge is 0.368 e. The molecule has 1 aromatic heterocycles. The van der Waals surface area contributed by atoms with Crippen LogP contribution < -0.4 is 21.3 Å². The topological polar surface area (TPSA) is 117 Å². The van der Waals surface area contributed by atoms with Crippen molar-refractivity contribution in [3.8, 4) is 0 Å². The molecule has 8 heteroatoms. The standard InChI is InChI=1S/C25H21N5O3/c26-21(31)13-30(20-5-1-4-19-17(20)10-22(32)28-19)16-7-6-14-11-25(12-15(14)9-16)18-3-2-8-27-23(18)29-24(25)33/h1-9H,10-13H2,(H2,26,31)(H,28,32)(H,27,29,33). The molecule has 0 saturated heterocycles. The second-order valence-electron chi connectivity index (χ2n) is 8.82. The molecule has 1 spiro atoms. The Balaban J connectivity index is 1.41. The van der Waals surface area contributed by atoms with Crippen molar-refractivity contribution in [1.29, 1.82) is 0 Å². The normalized spacial score (nSPS) is 19.6. The number of amides is 3. The van der Waals surface area contributed by atoms with E-state index < -0.39 is 11.3 Å². The Morgan fingerprint density at radius 1 is 1.06 bits per heavy atom. The summed E-state index contributed by atoms with van der Waals surface area (Å²) in [6.07, 6.45) is 3.08. The molecule has 3 amide bonds. The number of nitrogens with zero attached hydrogens (tertiary/aromatic N) is 2. The quantitative estimate of drug-likeness (QED) is 0.576. The van der Waals surface area contributed by atoms with Crippen molar-refractivity contribution >= 4 is 40.6 Å². The molecule has 164 valence electrons. The zero-order valence-corrected chi connectivity index (χ0v) is 17.7. The van der Waals surface area contributed by atoms with E-state index in [0.717, 1.165) is 39.3 Å². The monoisotopic (exact) mass is 439 g/mol. The Bertz CT molecular complexity index is 1370. The molecular weight excluding hydrogens is 418 g/mol. The molecule has 3 aliphatic rings. The predicted octanol–water partition coefficient (Wildman–Crippen LogP) is 2.19. The van der Waals surface area contributed by atoms with Gasteiger partial charge < -0.3 is 21.3 Å². The van der Waals surface area contributed by atoms with E-state index in [9.17, 15) is 14.4 Å². The van der Waals surface area contributed by atoms with E-state index in [0.29, 0.717) is 18.7 Å². The number of rotatable bonds is 4. The van der Waals surface area contributed by atoms with Gasteiger partial charge in [0.25, 0.3) is 0 Å². The van der Waals surface area contributed by atoms with Gasteiger partial charge >= 0.3 is 0 Å². The van der Waals surface area contributed by atoms with E-state index in [4.69, 9.17) is 5.73 Å². The van der Waals surface area contributed by atoms with Crippen LogP contribution in [0.1, 0.15) is 22.3 Å². The number of nitrogens with one attached hydrogen (secondary N) is 2. The van der Waals surface area contributed by atoms with Gasteiger partial charge in [-0.3, -0.25) is 14.4 Å². The van der Waals surface area contributed by atoms with Gasteiger partial charge in [0, 0.05) is 34.4 Å². The predicted molar refractivity (Wildman–Crippen MR) is 123 cm³/mol. The number of hydrogen-bond acceptors (Lipinski definition) is 5. The van der Waals surface area contributed by atoms with Crippen molar-refractivity contribution in [2.45, 2.75) is 24.7 Å². The third-order valence-corrected chi connectivity index (χ3v) is 6.84. The highest BCUT2D eigenvalue weighted by molar-refractivity contribution is 6.06. The molecule has 0 fully saturated rings. The summed E-state index contributed by atoms with van der Waals surface area (Å²) in [5.41, 5.74) is 11.2. The summed E-state index contributed by atoms with van der Waals surface area (Å²) in [5, 5.41) is 5.78. The average Bonchev–Trinajstić information content (AvgIpc) is 3.44. The minimum Gasteiger partial charge on any atom is -0.368 e. The molecule has 1 atom stereocenters. The first-order chi connectivity index (χ1) is 15.9. The zero-order valence-electron chi connectivity index (χ0n) is 17.7. The molecular formula is C25H21N5O3. The third-order valence-electron chi connectivity index (χ3n) is 6.84. The molecule has 1 aliphatic carbocycles. The highest BCUT2D eigenvalue weighted by atomic mass is 16.2. The van der Waals surface area contributed by atoms with Crippen LogP contribution in [0.15, 0.2) is 54.7 Å². The highest BCUT2D eigenvalue weighted by Gasteiger charge is 2.51. The number of nitrogens with two attached hydrogens (primary N) is 1. The van der Waals surface area contributed by atoms with Crippen LogP contribution in [-0.2, 0) is 39.1 Å². The second kappa shape index (κ2) is 6.90. The maximum absolute atomic E-state index is 13.0. The number of pyridine rings is 1. The Morgan fingerprint density at radius 2 is 1.91 bits per heavy atom. The van der Waals surface area contributed by atoms with Gasteiger partial charge in [-0.15, -0.1) is 0 Å². The summed E-state index contributed by atoms with van der Waals surface area (Å²) in [7, 11) is 0. The Labute approximate surface area is 189 Å². The van der Waals surface area contributed by atoms with E-state index in [1.807, 2.05) is 53.4 Å². The summed E-state index contributed by atoms with van der Waals surface area (Å²) in [6, 6.07) is 15.4. The number of carbonyl (C=O) groups excluding carboxylic acids is 3. The number of primary amides is 1. The first kappa shape index (κ1) is 19.5. The maximum atomic E-state index is 13.0. The number of carbonyl (C=O) groups is 3. The first-order valence-electron chi connectivity index (χ1n) is 10.8. The van der Waals surface area contributed by atoms with Gasteiger partial charge in [-0.1, -0.05) is 18.2 Å². The van der Waals surface area contributed by atoms with Crippen LogP contribution in [0.2, 0.25) is 0 Å². The summed E-state index contributed by atoms with van der Waals surface area (Å²) in [5.74, 6) is 0.0419. The van der Waals surface area contributed by atoms with Crippen molar-refractivity contribution in [2.75, 3.05) is 22.1 Å². The number of fused-ring (bicyclic) bond motifs is 4. The molecule has 4 N–H and O–H groups in total. The second-order valence-corrected chi connectivity index (χ2v) is 8.82. The smallest absolute Gasteiger partial charge is 0.237 e. The zero-order chi connectivity index (χ0) is 22.7. The van der Waals surface area contributed by atoms with E-state index >= 15 is 0 Å². The van der Waals surface area contributed by atoms with Crippen LogP contribution in [0.25, 0.3) is 0 Å². The van der Waals surface area contributed by atoms with E-state index in [-0.39, 0.29) is 24.8 Å². The van der Waals surface area contributed by atoms with E-state index in [1.54, 1.807) is 6.20 Å². The fourth-order valence-corrected chi connectivity index (χ4v) is 5.38. The molecule has 3 heterocycles. The Morgan fingerprint density at radius 3 is 2.76 bits per heavy atom. The van der Waals surface area contributed by atoms with Gasteiger partial charge in [0.1, 0.15) is 12.4 Å². The summed E-state index contributed by atoms with van der Waals surface area (Å²) >= 11 is 0. The van der Waals surface area contributed by atoms with Gasteiger partial charge in [-0.05, 0) is 54.3 Å². The molecule has 8 nitrogen and oxygen atoms in total. The lowest BCUT2D eigenvalue weighted by Gasteiger charge is -2.26. The van der Waals surface area contributed by atoms with Crippen LogP contribution in [0.3, 0.4) is 0 Å². The Hall–Kier alpha value is -4.20. The van der Waals surface area contributed by atoms with Crippen LogP contribution in [0.4, 0.5) is 22.9 Å². The molecule has 33 heavy (non-hydrogen) atoms. The van der Waals surface area contributed by atoms with E-state index in [2.05, 4.69) is 15.6 Å². The van der Waals surface area contributed by atoms with Crippen LogP contribution in [0.5, 0.6) is 0 Å². The first-order valence-corrected chi connectivity index (χ1v) is 10.8. The van der Waals surface area contributed by atoms with Gasteiger partial charge in [-0.25, -0.2) is 4.98 Å². The summed E-state index contributed by atoms with van der Waals surface area (Å²) < 4.78 is 0. The van der Waals surface area contributed by atoms with Gasteiger partial charge in [0.05, 0.1) is 11.8 Å². The van der Waals surface area contributed by atoms with Crippen LogP contribution in [0, 0.1) is 0 Å². The number of anilines is 4. The summed E-state index contributed by atoms with van der Waals surface area (Å²) in [4.78, 5) is 43.1. The molecule has 6 rings (SSSR count). The number of aromatic nitrogens is 1. The Kier molecular flexibility index (Phi) is 4.07. The fraction of sp³-hybridized carbons (Fsp3) is 0.200. The molecule has 0 bridgehead atoms. The lowest BCUT2D eigenvalue weighted by molar-refractivity contribution is -0.120. The van der Waals surface area contributed by atoms with Crippen molar-refractivity contribution in [3.63, 3.8) is 0 Å². The molecule has 3 aromatic rings. The molecule has 2 aromatic carbocycles. The van der Waals surface area contributed by atoms with Crippen LogP contribution in [-0.4, -0.2) is 29.3 Å². The van der Waals surface area contributed by atoms with Gasteiger partial charge in [0.15, 0.2) is 0 Å². The van der Waals surface area contributed by atoms with Crippen LogP contribution >= 0.6 is 0 Å². The number of hydrogen-bond donors (Lipinski definition) is 3. The van der Waals surface area contributed by atoms with Gasteiger partial charge in [0.2, 0.25) is 17.7 Å². The SMILES string of the molecule is NC(=O)CN(c1ccc2c(c1)CC1(C2)C(=O)Nc2ncccc21)c1cccc2c1CC(=O)N2. The van der Waals surface area contributed by atoms with Crippen molar-refractivity contribution < 1.29 is 14.4 Å². The highest BCUT2D eigenvalue weighted by Crippen LogP contribution is 2.47. The molecule has 0 saturated carbocycles. The minimum absolute atomic E-state index is 0.0260. The van der Waals surface area contributed by atoms with Crippen molar-refractivity contribution in [1.82, 2.24) is 4.98 Å². The number of benzene rings is 2. The average molecular weight is 439 g/mol.